The number of hydrogen-bond donors (Lipinski definition) is 0. The third-order valence-electron chi connectivity index (χ3n) is 6.56. The van der Waals surface area contributed by atoms with Crippen LogP contribution in [0, 0.1) is 6.92 Å². The molecule has 1 amide bonds. The fourth-order valence-corrected chi connectivity index (χ4v) is 4.80. The standard InChI is InChI=1S/C28H29N3O2/c1-20-7-5-10-22(15-20)26-17-27(23-11-6-12-25(16-23)33-2)31(29-26)28(32)19-30-14-13-21-8-3-4-9-24(21)18-30/h3-12,15-16,27H,13-14,17-19H2,1-2H3. The van der Waals surface area contributed by atoms with E-state index >= 15 is 0 Å². The van der Waals surface area contributed by atoms with Gasteiger partial charge in [0.1, 0.15) is 5.75 Å². The average Bonchev–Trinajstić information content (AvgIpc) is 3.30. The number of benzene rings is 3. The summed E-state index contributed by atoms with van der Waals surface area (Å²) in [5.41, 5.74) is 6.94. The van der Waals surface area contributed by atoms with Crippen molar-refractivity contribution in [2.75, 3.05) is 20.2 Å². The Morgan fingerprint density at radius 2 is 1.85 bits per heavy atom. The van der Waals surface area contributed by atoms with E-state index in [1.807, 2.05) is 24.3 Å². The number of rotatable bonds is 5. The van der Waals surface area contributed by atoms with Gasteiger partial charge in [0, 0.05) is 19.5 Å². The lowest BCUT2D eigenvalue weighted by molar-refractivity contribution is -0.134. The van der Waals surface area contributed by atoms with Crippen molar-refractivity contribution in [3.05, 3.63) is 101 Å². The van der Waals surface area contributed by atoms with E-state index in [9.17, 15) is 4.79 Å². The fraction of sp³-hybridized carbons (Fsp3) is 0.286. The van der Waals surface area contributed by atoms with Gasteiger partial charge in [0.25, 0.3) is 5.91 Å². The fourth-order valence-electron chi connectivity index (χ4n) is 4.80. The van der Waals surface area contributed by atoms with Crippen molar-refractivity contribution in [2.24, 2.45) is 5.10 Å². The Morgan fingerprint density at radius 3 is 2.67 bits per heavy atom. The predicted molar refractivity (Wildman–Crippen MR) is 130 cm³/mol. The normalized spacial score (nSPS) is 18.1. The third-order valence-corrected chi connectivity index (χ3v) is 6.56. The molecule has 0 saturated carbocycles. The molecule has 0 aliphatic carbocycles. The molecule has 0 fully saturated rings. The Labute approximate surface area is 195 Å². The maximum Gasteiger partial charge on any atom is 0.257 e. The van der Waals surface area contributed by atoms with Crippen molar-refractivity contribution in [2.45, 2.75) is 32.4 Å². The van der Waals surface area contributed by atoms with Crippen molar-refractivity contribution >= 4 is 11.6 Å². The summed E-state index contributed by atoms with van der Waals surface area (Å²) in [6, 6.07) is 24.7. The molecule has 1 unspecified atom stereocenters. The molecule has 5 rings (SSSR count). The Bertz CT molecular complexity index is 1200. The molecular formula is C28H29N3O2. The molecule has 3 aromatic carbocycles. The number of hydrazone groups is 1. The number of carbonyl (C=O) groups is 1. The molecule has 2 aliphatic heterocycles. The number of methoxy groups -OCH3 is 1. The minimum Gasteiger partial charge on any atom is -0.497 e. The number of ether oxygens (including phenoxy) is 1. The van der Waals surface area contributed by atoms with Crippen LogP contribution in [0.25, 0.3) is 0 Å². The van der Waals surface area contributed by atoms with Crippen LogP contribution in [-0.4, -0.2) is 41.7 Å². The molecule has 168 valence electrons. The quantitative estimate of drug-likeness (QED) is 0.577. The van der Waals surface area contributed by atoms with E-state index in [-0.39, 0.29) is 11.9 Å². The van der Waals surface area contributed by atoms with Gasteiger partial charge in [-0.15, -0.1) is 0 Å². The molecule has 0 saturated heterocycles. The summed E-state index contributed by atoms with van der Waals surface area (Å²) in [5, 5.41) is 6.56. The molecule has 5 nitrogen and oxygen atoms in total. The first-order valence-corrected chi connectivity index (χ1v) is 11.5. The minimum absolute atomic E-state index is 0.0323. The van der Waals surface area contributed by atoms with Crippen LogP contribution in [0.4, 0.5) is 0 Å². The highest BCUT2D eigenvalue weighted by atomic mass is 16.5. The van der Waals surface area contributed by atoms with Crippen molar-refractivity contribution in [1.82, 2.24) is 9.91 Å². The zero-order valence-corrected chi connectivity index (χ0v) is 19.2. The van der Waals surface area contributed by atoms with Gasteiger partial charge in [0.05, 0.1) is 25.4 Å². The van der Waals surface area contributed by atoms with Crippen LogP contribution in [-0.2, 0) is 17.8 Å². The maximum atomic E-state index is 13.6. The molecule has 0 spiro atoms. The van der Waals surface area contributed by atoms with Crippen LogP contribution < -0.4 is 4.74 Å². The highest BCUT2D eigenvalue weighted by Gasteiger charge is 2.34. The topological polar surface area (TPSA) is 45.1 Å². The van der Waals surface area contributed by atoms with Gasteiger partial charge in [0.15, 0.2) is 0 Å². The van der Waals surface area contributed by atoms with Crippen molar-refractivity contribution in [3.8, 4) is 5.75 Å². The first-order valence-electron chi connectivity index (χ1n) is 11.5. The second kappa shape index (κ2) is 9.20. The summed E-state index contributed by atoms with van der Waals surface area (Å²) in [6.45, 7) is 4.12. The number of aryl methyl sites for hydroxylation is 1. The first kappa shape index (κ1) is 21.4. The molecule has 3 aromatic rings. The van der Waals surface area contributed by atoms with E-state index in [0.717, 1.165) is 42.1 Å². The summed E-state index contributed by atoms with van der Waals surface area (Å²) in [7, 11) is 1.67. The number of fused-ring (bicyclic) bond motifs is 1. The largest absolute Gasteiger partial charge is 0.497 e. The van der Waals surface area contributed by atoms with Gasteiger partial charge in [-0.25, -0.2) is 5.01 Å². The predicted octanol–water partition coefficient (Wildman–Crippen LogP) is 4.74. The number of nitrogens with zero attached hydrogens (tertiary/aromatic N) is 3. The summed E-state index contributed by atoms with van der Waals surface area (Å²) in [5.74, 6) is 0.821. The van der Waals surface area contributed by atoms with E-state index < -0.39 is 0 Å². The van der Waals surface area contributed by atoms with E-state index in [1.165, 1.54) is 16.7 Å². The summed E-state index contributed by atoms with van der Waals surface area (Å²) >= 11 is 0. The van der Waals surface area contributed by atoms with Gasteiger partial charge in [-0.3, -0.25) is 9.69 Å². The highest BCUT2D eigenvalue weighted by Crippen LogP contribution is 2.34. The van der Waals surface area contributed by atoms with Crippen LogP contribution in [0.5, 0.6) is 5.75 Å². The van der Waals surface area contributed by atoms with Crippen LogP contribution in [0.15, 0.2) is 77.9 Å². The Balaban J connectivity index is 1.41. The Kier molecular flexibility index (Phi) is 5.97. The number of hydrogen-bond acceptors (Lipinski definition) is 4. The summed E-state index contributed by atoms with van der Waals surface area (Å²) in [6.07, 6.45) is 1.66. The van der Waals surface area contributed by atoms with Gasteiger partial charge in [-0.05, 0) is 47.7 Å². The van der Waals surface area contributed by atoms with Gasteiger partial charge in [-0.1, -0.05) is 66.2 Å². The molecule has 0 bridgehead atoms. The zero-order chi connectivity index (χ0) is 22.8. The molecule has 5 heteroatoms. The zero-order valence-electron chi connectivity index (χ0n) is 19.2. The molecule has 2 heterocycles. The van der Waals surface area contributed by atoms with Gasteiger partial charge in [-0.2, -0.15) is 5.10 Å². The lowest BCUT2D eigenvalue weighted by Gasteiger charge is -2.30. The Morgan fingerprint density at radius 1 is 1.03 bits per heavy atom. The second-order valence-electron chi connectivity index (χ2n) is 8.88. The molecule has 0 aromatic heterocycles. The first-order chi connectivity index (χ1) is 16.1. The van der Waals surface area contributed by atoms with Gasteiger partial charge >= 0.3 is 0 Å². The molecular weight excluding hydrogens is 410 g/mol. The average molecular weight is 440 g/mol. The maximum absolute atomic E-state index is 13.6. The third kappa shape index (κ3) is 4.55. The molecule has 33 heavy (non-hydrogen) atoms. The highest BCUT2D eigenvalue weighted by molar-refractivity contribution is 6.03. The minimum atomic E-state index is -0.139. The van der Waals surface area contributed by atoms with Crippen molar-refractivity contribution in [1.29, 1.82) is 0 Å². The van der Waals surface area contributed by atoms with Crippen molar-refractivity contribution in [3.63, 3.8) is 0 Å². The lowest BCUT2D eigenvalue weighted by Crippen LogP contribution is -2.40. The SMILES string of the molecule is COc1cccc(C2CC(c3cccc(C)c3)=NN2C(=O)CN2CCc3ccccc3C2)c1. The van der Waals surface area contributed by atoms with Gasteiger partial charge < -0.3 is 4.74 Å². The van der Waals surface area contributed by atoms with E-state index in [4.69, 9.17) is 9.84 Å². The second-order valence-corrected chi connectivity index (χ2v) is 8.88. The van der Waals surface area contributed by atoms with E-state index in [0.29, 0.717) is 13.0 Å². The van der Waals surface area contributed by atoms with Crippen LogP contribution >= 0.6 is 0 Å². The van der Waals surface area contributed by atoms with Crippen LogP contribution in [0.3, 0.4) is 0 Å². The Hall–Kier alpha value is -3.44. The summed E-state index contributed by atoms with van der Waals surface area (Å²) < 4.78 is 5.44. The van der Waals surface area contributed by atoms with Crippen LogP contribution in [0.1, 0.15) is 40.3 Å². The molecule has 2 aliphatic rings. The monoisotopic (exact) mass is 439 g/mol. The molecule has 0 radical (unpaired) electrons. The van der Waals surface area contributed by atoms with Crippen LogP contribution in [0.2, 0.25) is 0 Å². The lowest BCUT2D eigenvalue weighted by atomic mass is 9.97. The molecule has 1 atom stereocenters. The molecule has 0 N–H and O–H groups in total. The number of amides is 1. The smallest absolute Gasteiger partial charge is 0.257 e. The van der Waals surface area contributed by atoms with E-state index in [2.05, 4.69) is 60.4 Å². The van der Waals surface area contributed by atoms with Gasteiger partial charge in [0.2, 0.25) is 0 Å². The number of carbonyl (C=O) groups excluding carboxylic acids is 1. The van der Waals surface area contributed by atoms with Crippen molar-refractivity contribution < 1.29 is 9.53 Å². The van der Waals surface area contributed by atoms with E-state index in [1.54, 1.807) is 12.1 Å². The summed E-state index contributed by atoms with van der Waals surface area (Å²) in [4.78, 5) is 15.8.